The van der Waals surface area contributed by atoms with Crippen LogP contribution in [0, 0.1) is 0 Å². The molecule has 0 radical (unpaired) electrons. The summed E-state index contributed by atoms with van der Waals surface area (Å²) in [5, 5.41) is 2.87. The Morgan fingerprint density at radius 3 is 2.36 bits per heavy atom. The van der Waals surface area contributed by atoms with Gasteiger partial charge in [0, 0.05) is 5.57 Å². The summed E-state index contributed by atoms with van der Waals surface area (Å²) in [6, 6.07) is 0.420. The van der Waals surface area contributed by atoms with E-state index < -0.39 is 0 Å². The van der Waals surface area contributed by atoms with E-state index in [4.69, 9.17) is 0 Å². The maximum atomic E-state index is 11.2. The molecule has 0 rings (SSSR count). The molecule has 1 amide bonds. The summed E-state index contributed by atoms with van der Waals surface area (Å²) in [5.74, 6) is -0.0482. The molecule has 0 spiro atoms. The van der Waals surface area contributed by atoms with Crippen LogP contribution in [0.25, 0.3) is 0 Å². The number of quaternary nitrogens is 1. The van der Waals surface area contributed by atoms with Gasteiger partial charge in [-0.25, -0.2) is 0 Å². The molecular weight excluding hydrogens is 176 g/mol. The average molecular weight is 199 g/mol. The highest BCUT2D eigenvalue weighted by molar-refractivity contribution is 5.92. The topological polar surface area (TPSA) is 29.1 Å². The minimum absolute atomic E-state index is 0.0482. The normalized spacial score (nSPS) is 13.5. The van der Waals surface area contributed by atoms with Gasteiger partial charge in [-0.2, -0.15) is 0 Å². The third-order valence-electron chi connectivity index (χ3n) is 2.95. The monoisotopic (exact) mass is 199 g/mol. The molecule has 0 fully saturated rings. The maximum Gasteiger partial charge on any atom is 0.246 e. The Hall–Kier alpha value is -0.830. The second-order valence-corrected chi connectivity index (χ2v) is 4.43. The number of amides is 1. The summed E-state index contributed by atoms with van der Waals surface area (Å²) in [5.41, 5.74) is 0.569. The minimum Gasteiger partial charge on any atom is -0.346 e. The van der Waals surface area contributed by atoms with Crippen LogP contribution >= 0.6 is 0 Å². The van der Waals surface area contributed by atoms with Gasteiger partial charge >= 0.3 is 0 Å². The summed E-state index contributed by atoms with van der Waals surface area (Å²) < 4.78 is 0.913. The van der Waals surface area contributed by atoms with Crippen molar-refractivity contribution in [3.05, 3.63) is 12.2 Å². The quantitative estimate of drug-likeness (QED) is 0.522. The lowest BCUT2D eigenvalue weighted by molar-refractivity contribution is -0.910. The Labute approximate surface area is 87.4 Å². The van der Waals surface area contributed by atoms with Crippen LogP contribution in [0.15, 0.2) is 12.2 Å². The van der Waals surface area contributed by atoms with Crippen LogP contribution in [0.5, 0.6) is 0 Å². The summed E-state index contributed by atoms with van der Waals surface area (Å²) >= 11 is 0. The molecule has 1 atom stereocenters. The number of carbonyl (C=O) groups excluding carboxylic acids is 1. The standard InChI is InChI=1S/C11H22N2O/c1-7-13(5,6)10(4)8-12-11(14)9(2)3/h10H,2,7-8H2,1,3-6H3/p+1. The zero-order chi connectivity index (χ0) is 11.4. The molecule has 0 aromatic rings. The molecule has 0 aliphatic rings. The van der Waals surface area contributed by atoms with Gasteiger partial charge in [0.1, 0.15) is 6.04 Å². The first-order valence-corrected chi connectivity index (χ1v) is 5.07. The van der Waals surface area contributed by atoms with Crippen LogP contribution in [-0.4, -0.2) is 43.6 Å². The van der Waals surface area contributed by atoms with E-state index in [1.165, 1.54) is 0 Å². The van der Waals surface area contributed by atoms with Crippen LogP contribution in [0.2, 0.25) is 0 Å². The first kappa shape index (κ1) is 13.2. The molecule has 3 heteroatoms. The Kier molecular flexibility index (Phi) is 4.85. The molecule has 0 saturated carbocycles. The Morgan fingerprint density at radius 2 is 2.00 bits per heavy atom. The second kappa shape index (κ2) is 5.15. The number of nitrogens with one attached hydrogen (secondary N) is 1. The van der Waals surface area contributed by atoms with E-state index in [0.717, 1.165) is 11.0 Å². The van der Waals surface area contributed by atoms with Crippen molar-refractivity contribution < 1.29 is 9.28 Å². The van der Waals surface area contributed by atoms with Gasteiger partial charge in [-0.3, -0.25) is 4.79 Å². The van der Waals surface area contributed by atoms with Crippen molar-refractivity contribution in [2.24, 2.45) is 0 Å². The van der Waals surface area contributed by atoms with Crippen LogP contribution < -0.4 is 5.32 Å². The highest BCUT2D eigenvalue weighted by atomic mass is 16.1. The highest BCUT2D eigenvalue weighted by Crippen LogP contribution is 2.04. The molecule has 1 unspecified atom stereocenters. The van der Waals surface area contributed by atoms with Gasteiger partial charge < -0.3 is 9.80 Å². The molecule has 3 nitrogen and oxygen atoms in total. The second-order valence-electron chi connectivity index (χ2n) is 4.43. The fourth-order valence-electron chi connectivity index (χ4n) is 0.950. The zero-order valence-corrected chi connectivity index (χ0v) is 10.1. The van der Waals surface area contributed by atoms with E-state index in [-0.39, 0.29) is 5.91 Å². The van der Waals surface area contributed by atoms with Crippen molar-refractivity contribution in [2.75, 3.05) is 27.2 Å². The van der Waals surface area contributed by atoms with Gasteiger partial charge in [-0.1, -0.05) is 6.58 Å². The fraction of sp³-hybridized carbons (Fsp3) is 0.727. The van der Waals surface area contributed by atoms with Gasteiger partial charge in [0.25, 0.3) is 0 Å². The van der Waals surface area contributed by atoms with E-state index in [2.05, 4.69) is 39.8 Å². The number of likely N-dealkylation sites (N-methyl/N-ethyl adjacent to an activating group) is 1. The molecular formula is C11H23N2O+. The van der Waals surface area contributed by atoms with E-state index >= 15 is 0 Å². The predicted molar refractivity (Wildman–Crippen MR) is 59.9 cm³/mol. The molecule has 0 aliphatic carbocycles. The molecule has 0 heterocycles. The van der Waals surface area contributed by atoms with Gasteiger partial charge in [0.15, 0.2) is 0 Å². The number of carbonyl (C=O) groups is 1. The lowest BCUT2D eigenvalue weighted by atomic mass is 10.2. The van der Waals surface area contributed by atoms with Crippen LogP contribution in [-0.2, 0) is 4.79 Å². The Bertz CT molecular complexity index is 221. The number of nitrogens with zero attached hydrogens (tertiary/aromatic N) is 1. The molecule has 0 aliphatic heterocycles. The maximum absolute atomic E-state index is 11.2. The summed E-state index contributed by atoms with van der Waals surface area (Å²) in [6.45, 7) is 11.4. The molecule has 14 heavy (non-hydrogen) atoms. The Morgan fingerprint density at radius 1 is 1.50 bits per heavy atom. The van der Waals surface area contributed by atoms with Crippen LogP contribution in [0.3, 0.4) is 0 Å². The van der Waals surface area contributed by atoms with Crippen molar-refractivity contribution in [3.8, 4) is 0 Å². The van der Waals surface area contributed by atoms with E-state index in [9.17, 15) is 4.79 Å². The van der Waals surface area contributed by atoms with E-state index in [1.807, 2.05) is 0 Å². The first-order valence-electron chi connectivity index (χ1n) is 5.07. The smallest absolute Gasteiger partial charge is 0.246 e. The predicted octanol–water partition coefficient (Wildman–Crippen LogP) is 1.16. The SMILES string of the molecule is C=C(C)C(=O)NCC(C)[N+](C)(C)CC. The molecule has 0 bridgehead atoms. The first-order chi connectivity index (χ1) is 6.31. The van der Waals surface area contributed by atoms with Crippen molar-refractivity contribution >= 4 is 5.91 Å². The summed E-state index contributed by atoms with van der Waals surface area (Å²) in [6.07, 6.45) is 0. The average Bonchev–Trinajstić information content (AvgIpc) is 2.13. The molecule has 0 aromatic heterocycles. The van der Waals surface area contributed by atoms with Crippen LogP contribution in [0.1, 0.15) is 20.8 Å². The zero-order valence-electron chi connectivity index (χ0n) is 10.1. The lowest BCUT2D eigenvalue weighted by Crippen LogP contribution is -2.52. The van der Waals surface area contributed by atoms with E-state index in [0.29, 0.717) is 18.2 Å². The third kappa shape index (κ3) is 3.92. The number of hydrogen-bond acceptors (Lipinski definition) is 1. The van der Waals surface area contributed by atoms with Crippen molar-refractivity contribution in [1.29, 1.82) is 0 Å². The molecule has 82 valence electrons. The van der Waals surface area contributed by atoms with Gasteiger partial charge in [-0.15, -0.1) is 0 Å². The van der Waals surface area contributed by atoms with Crippen molar-refractivity contribution in [2.45, 2.75) is 26.8 Å². The van der Waals surface area contributed by atoms with E-state index in [1.54, 1.807) is 6.92 Å². The number of hydrogen-bond donors (Lipinski definition) is 1. The molecule has 1 N–H and O–H groups in total. The molecule has 0 saturated heterocycles. The minimum atomic E-state index is -0.0482. The molecule has 0 aromatic carbocycles. The third-order valence-corrected chi connectivity index (χ3v) is 2.95. The van der Waals surface area contributed by atoms with Crippen LogP contribution in [0.4, 0.5) is 0 Å². The van der Waals surface area contributed by atoms with Gasteiger partial charge in [0.05, 0.1) is 27.2 Å². The van der Waals surface area contributed by atoms with Gasteiger partial charge in [0.2, 0.25) is 5.91 Å². The largest absolute Gasteiger partial charge is 0.346 e. The number of rotatable bonds is 5. The summed E-state index contributed by atoms with van der Waals surface area (Å²) in [4.78, 5) is 11.2. The van der Waals surface area contributed by atoms with Crippen molar-refractivity contribution in [1.82, 2.24) is 5.32 Å². The highest BCUT2D eigenvalue weighted by Gasteiger charge is 2.21. The lowest BCUT2D eigenvalue weighted by Gasteiger charge is -2.35. The Balaban J connectivity index is 4.03. The summed E-state index contributed by atoms with van der Waals surface area (Å²) in [7, 11) is 4.33. The fourth-order valence-corrected chi connectivity index (χ4v) is 0.950. The van der Waals surface area contributed by atoms with Gasteiger partial charge in [-0.05, 0) is 20.8 Å². The van der Waals surface area contributed by atoms with Crippen molar-refractivity contribution in [3.63, 3.8) is 0 Å².